The van der Waals surface area contributed by atoms with Gasteiger partial charge < -0.3 is 10.4 Å². The maximum absolute atomic E-state index is 9.71. The number of aliphatic hydroxyl groups is 1. The van der Waals surface area contributed by atoms with Gasteiger partial charge >= 0.3 is 0 Å². The average Bonchev–Trinajstić information content (AvgIpc) is 2.28. The molecule has 0 radical (unpaired) electrons. The van der Waals surface area contributed by atoms with E-state index in [9.17, 15) is 5.11 Å². The largest absolute Gasteiger partial charge is 0.390 e. The number of β-amino-alcohol motifs (C(OH)–C–C–N with tert-alkyl or cyclic N) is 1. The van der Waals surface area contributed by atoms with Crippen LogP contribution in [-0.2, 0) is 0 Å². The molecular weight excluding hydrogens is 208 g/mol. The third kappa shape index (κ3) is 5.20. The van der Waals surface area contributed by atoms with Gasteiger partial charge in [-0.2, -0.15) is 11.8 Å². The summed E-state index contributed by atoms with van der Waals surface area (Å²) in [6.45, 7) is 8.33. The molecule has 1 heterocycles. The van der Waals surface area contributed by atoms with Crippen molar-refractivity contribution >= 4 is 11.8 Å². The average molecular weight is 232 g/mol. The second-order valence-corrected chi connectivity index (χ2v) is 6.67. The highest BCUT2D eigenvalue weighted by atomic mass is 32.2. The highest BCUT2D eigenvalue weighted by Crippen LogP contribution is 2.30. The quantitative estimate of drug-likeness (QED) is 0.751. The van der Waals surface area contributed by atoms with Crippen LogP contribution in [0.25, 0.3) is 0 Å². The minimum Gasteiger partial charge on any atom is -0.390 e. The van der Waals surface area contributed by atoms with Crippen molar-refractivity contribution in [2.24, 2.45) is 0 Å². The molecule has 0 aromatic heterocycles. The number of aliphatic hydroxyl groups excluding tert-OH is 1. The van der Waals surface area contributed by atoms with Gasteiger partial charge in [-0.3, -0.25) is 4.90 Å². The fourth-order valence-electron chi connectivity index (χ4n) is 1.84. The zero-order valence-corrected chi connectivity index (χ0v) is 10.9. The molecule has 1 aliphatic heterocycles. The number of hydrogen-bond acceptors (Lipinski definition) is 4. The molecule has 15 heavy (non-hydrogen) atoms. The molecule has 4 heteroatoms. The molecule has 1 fully saturated rings. The third-order valence-corrected chi connectivity index (χ3v) is 4.21. The number of nitrogens with one attached hydrogen (secondary N) is 1. The molecule has 0 bridgehead atoms. The van der Waals surface area contributed by atoms with Crippen LogP contribution in [-0.4, -0.2) is 59.8 Å². The van der Waals surface area contributed by atoms with Crippen molar-refractivity contribution in [3.8, 4) is 0 Å². The van der Waals surface area contributed by atoms with Gasteiger partial charge in [-0.15, -0.1) is 0 Å². The Kier molecular flexibility index (Phi) is 5.39. The van der Waals surface area contributed by atoms with E-state index in [0.717, 1.165) is 19.6 Å². The zero-order chi connectivity index (χ0) is 11.3. The van der Waals surface area contributed by atoms with Crippen LogP contribution in [0.15, 0.2) is 0 Å². The Balaban J connectivity index is 2.31. The van der Waals surface area contributed by atoms with Crippen molar-refractivity contribution < 1.29 is 5.11 Å². The maximum Gasteiger partial charge on any atom is 0.0791 e. The molecule has 0 aromatic carbocycles. The lowest BCUT2D eigenvalue weighted by atomic mass is 10.1. The number of likely N-dealkylation sites (N-methyl/N-ethyl adjacent to an activating group) is 1. The smallest absolute Gasteiger partial charge is 0.0791 e. The topological polar surface area (TPSA) is 35.5 Å². The fraction of sp³-hybridized carbons (Fsp3) is 1.00. The van der Waals surface area contributed by atoms with Crippen molar-refractivity contribution in [1.29, 1.82) is 0 Å². The summed E-state index contributed by atoms with van der Waals surface area (Å²) >= 11 is 2.05. The van der Waals surface area contributed by atoms with Crippen LogP contribution in [0.3, 0.4) is 0 Å². The van der Waals surface area contributed by atoms with E-state index in [0.29, 0.717) is 11.3 Å². The third-order valence-electron chi connectivity index (χ3n) is 2.84. The second kappa shape index (κ2) is 6.09. The number of hydrogen-bond donors (Lipinski definition) is 2. The van der Waals surface area contributed by atoms with E-state index in [1.165, 1.54) is 12.2 Å². The Labute approximate surface area is 97.6 Å². The summed E-state index contributed by atoms with van der Waals surface area (Å²) in [5, 5.41) is 12.7. The number of rotatable bonds is 4. The fourth-order valence-corrected chi connectivity index (χ4v) is 2.98. The van der Waals surface area contributed by atoms with E-state index in [1.807, 2.05) is 18.8 Å². The molecule has 0 saturated carbocycles. The van der Waals surface area contributed by atoms with E-state index in [4.69, 9.17) is 0 Å². The first-order valence-electron chi connectivity index (χ1n) is 5.72. The Bertz CT molecular complexity index is 187. The van der Waals surface area contributed by atoms with Crippen LogP contribution in [0.2, 0.25) is 0 Å². The van der Waals surface area contributed by atoms with Crippen LogP contribution >= 0.6 is 11.8 Å². The van der Waals surface area contributed by atoms with Crippen LogP contribution in [0, 0.1) is 0 Å². The SMILES string of the molecule is CNCC(O)CN1CCSC(C)(C)CC1. The number of nitrogens with zero attached hydrogens (tertiary/aromatic N) is 1. The predicted molar refractivity (Wildman–Crippen MR) is 67.5 cm³/mol. The van der Waals surface area contributed by atoms with E-state index in [-0.39, 0.29) is 6.10 Å². The van der Waals surface area contributed by atoms with Crippen molar-refractivity contribution in [3.63, 3.8) is 0 Å². The van der Waals surface area contributed by atoms with Crippen molar-refractivity contribution in [3.05, 3.63) is 0 Å². The first-order valence-corrected chi connectivity index (χ1v) is 6.71. The van der Waals surface area contributed by atoms with Crippen LogP contribution in [0.1, 0.15) is 20.3 Å². The molecule has 2 N–H and O–H groups in total. The van der Waals surface area contributed by atoms with E-state index < -0.39 is 0 Å². The monoisotopic (exact) mass is 232 g/mol. The van der Waals surface area contributed by atoms with Crippen LogP contribution < -0.4 is 5.32 Å². The molecule has 0 aliphatic carbocycles. The highest BCUT2D eigenvalue weighted by molar-refractivity contribution is 8.00. The minimum absolute atomic E-state index is 0.235. The molecule has 1 atom stereocenters. The van der Waals surface area contributed by atoms with Crippen molar-refractivity contribution in [1.82, 2.24) is 10.2 Å². The molecular formula is C11H24N2OS. The predicted octanol–water partition coefficient (Wildman–Crippen LogP) is 0.784. The summed E-state index contributed by atoms with van der Waals surface area (Å²) in [5.74, 6) is 1.18. The van der Waals surface area contributed by atoms with Crippen molar-refractivity contribution in [2.75, 3.05) is 39.0 Å². The Morgan fingerprint density at radius 3 is 2.87 bits per heavy atom. The summed E-state index contributed by atoms with van der Waals surface area (Å²) in [4.78, 5) is 2.38. The Hall–Kier alpha value is 0.230. The lowest BCUT2D eigenvalue weighted by molar-refractivity contribution is 0.115. The van der Waals surface area contributed by atoms with Gasteiger partial charge in [0.25, 0.3) is 0 Å². The van der Waals surface area contributed by atoms with E-state index in [1.54, 1.807) is 0 Å². The molecule has 0 amide bonds. The van der Waals surface area contributed by atoms with E-state index in [2.05, 4.69) is 24.1 Å². The summed E-state index contributed by atoms with van der Waals surface area (Å²) < 4.78 is 0.405. The lowest BCUT2D eigenvalue weighted by Crippen LogP contribution is -2.38. The van der Waals surface area contributed by atoms with Crippen LogP contribution in [0.4, 0.5) is 0 Å². The Morgan fingerprint density at radius 1 is 1.47 bits per heavy atom. The summed E-state index contributed by atoms with van der Waals surface area (Å²) in [7, 11) is 1.88. The minimum atomic E-state index is -0.235. The second-order valence-electron chi connectivity index (χ2n) is 4.87. The first-order chi connectivity index (χ1) is 7.03. The summed E-state index contributed by atoms with van der Waals surface area (Å²) in [6.07, 6.45) is 0.977. The van der Waals surface area contributed by atoms with E-state index >= 15 is 0 Å². The molecule has 0 aromatic rings. The van der Waals surface area contributed by atoms with Gasteiger partial charge in [-0.1, -0.05) is 13.8 Å². The van der Waals surface area contributed by atoms with Gasteiger partial charge in [0, 0.05) is 30.1 Å². The maximum atomic E-state index is 9.71. The van der Waals surface area contributed by atoms with Gasteiger partial charge in [0.2, 0.25) is 0 Å². The van der Waals surface area contributed by atoms with Crippen LogP contribution in [0.5, 0.6) is 0 Å². The normalized spacial score (nSPS) is 24.8. The molecule has 1 unspecified atom stereocenters. The molecule has 0 spiro atoms. The first kappa shape index (κ1) is 13.3. The van der Waals surface area contributed by atoms with Crippen molar-refractivity contribution in [2.45, 2.75) is 31.1 Å². The molecule has 3 nitrogen and oxygen atoms in total. The molecule has 1 aliphatic rings. The molecule has 90 valence electrons. The van der Waals surface area contributed by atoms with Gasteiger partial charge in [-0.05, 0) is 20.0 Å². The Morgan fingerprint density at radius 2 is 2.20 bits per heavy atom. The highest BCUT2D eigenvalue weighted by Gasteiger charge is 2.24. The molecule has 1 saturated heterocycles. The standard InChI is InChI=1S/C11H24N2OS/c1-11(2)4-5-13(6-7-15-11)9-10(14)8-12-3/h10,12,14H,4-9H2,1-3H3. The lowest BCUT2D eigenvalue weighted by Gasteiger charge is -2.24. The zero-order valence-electron chi connectivity index (χ0n) is 10.1. The van der Waals surface area contributed by atoms with Gasteiger partial charge in [-0.25, -0.2) is 0 Å². The van der Waals surface area contributed by atoms with Gasteiger partial charge in [0.15, 0.2) is 0 Å². The molecule has 1 rings (SSSR count). The number of thioether (sulfide) groups is 1. The summed E-state index contributed by atoms with van der Waals surface area (Å²) in [5.41, 5.74) is 0. The van der Waals surface area contributed by atoms with Gasteiger partial charge in [0.1, 0.15) is 0 Å². The summed E-state index contributed by atoms with van der Waals surface area (Å²) in [6, 6.07) is 0. The van der Waals surface area contributed by atoms with Gasteiger partial charge in [0.05, 0.1) is 6.10 Å².